The van der Waals surface area contributed by atoms with Crippen LogP contribution in [-0.4, -0.2) is 33.6 Å². The predicted molar refractivity (Wildman–Crippen MR) is 71.5 cm³/mol. The molecule has 1 aliphatic rings. The van der Waals surface area contributed by atoms with E-state index >= 15 is 0 Å². The lowest BCUT2D eigenvalue weighted by molar-refractivity contribution is 0.0454. The van der Waals surface area contributed by atoms with Gasteiger partial charge in [-0.3, -0.25) is 9.89 Å². The van der Waals surface area contributed by atoms with E-state index in [1.54, 1.807) is 0 Å². The summed E-state index contributed by atoms with van der Waals surface area (Å²) in [6, 6.07) is 0.308. The number of aromatic nitrogens is 2. The average molecular weight is 249 g/mol. The van der Waals surface area contributed by atoms with Crippen LogP contribution in [-0.2, 0) is 0 Å². The summed E-state index contributed by atoms with van der Waals surface area (Å²) < 4.78 is 0. The molecular weight excluding hydrogens is 226 g/mol. The quantitative estimate of drug-likeness (QED) is 0.831. The Hall–Kier alpha value is -1.32. The minimum atomic E-state index is 0.129. The molecule has 1 aromatic rings. The largest absolute Gasteiger partial charge is 0.335 e. The highest BCUT2D eigenvalue weighted by molar-refractivity contribution is 5.96. The fourth-order valence-electron chi connectivity index (χ4n) is 2.99. The van der Waals surface area contributed by atoms with Crippen molar-refractivity contribution in [3.8, 4) is 0 Å². The fraction of sp³-hybridized carbons (Fsp3) is 0.714. The maximum atomic E-state index is 12.7. The first kappa shape index (κ1) is 13.1. The van der Waals surface area contributed by atoms with Crippen LogP contribution in [0, 0.1) is 25.7 Å². The van der Waals surface area contributed by atoms with Crippen LogP contribution in [0.1, 0.15) is 48.9 Å². The molecule has 0 aliphatic carbocycles. The zero-order chi connectivity index (χ0) is 13.4. The molecular formula is C14H23N3O. The van der Waals surface area contributed by atoms with Crippen molar-refractivity contribution < 1.29 is 4.79 Å². The molecule has 0 aromatic carbocycles. The maximum absolute atomic E-state index is 12.7. The van der Waals surface area contributed by atoms with Gasteiger partial charge in [0.25, 0.3) is 5.91 Å². The lowest BCUT2D eigenvalue weighted by Crippen LogP contribution is -2.49. The monoisotopic (exact) mass is 249 g/mol. The number of hydrogen-bond donors (Lipinski definition) is 1. The molecule has 4 nitrogen and oxygen atoms in total. The Bertz CT molecular complexity index is 432. The molecule has 3 atom stereocenters. The Morgan fingerprint density at radius 2 is 2.00 bits per heavy atom. The van der Waals surface area contributed by atoms with Gasteiger partial charge in [0.2, 0.25) is 0 Å². The number of carbonyl (C=O) groups excluding carboxylic acids is 1. The number of rotatable bonds is 1. The molecule has 1 aliphatic heterocycles. The van der Waals surface area contributed by atoms with Crippen LogP contribution in [0.4, 0.5) is 0 Å². The van der Waals surface area contributed by atoms with E-state index in [0.29, 0.717) is 17.9 Å². The summed E-state index contributed by atoms with van der Waals surface area (Å²) in [5, 5.41) is 7.02. The zero-order valence-electron chi connectivity index (χ0n) is 11.9. The van der Waals surface area contributed by atoms with Crippen molar-refractivity contribution in [3.05, 3.63) is 17.0 Å². The Morgan fingerprint density at radius 3 is 2.56 bits per heavy atom. The van der Waals surface area contributed by atoms with Crippen molar-refractivity contribution in [1.29, 1.82) is 0 Å². The van der Waals surface area contributed by atoms with Crippen LogP contribution in [0.25, 0.3) is 0 Å². The third-order valence-corrected chi connectivity index (χ3v) is 4.20. The van der Waals surface area contributed by atoms with E-state index in [-0.39, 0.29) is 5.91 Å². The van der Waals surface area contributed by atoms with Gasteiger partial charge < -0.3 is 4.90 Å². The molecule has 0 saturated carbocycles. The van der Waals surface area contributed by atoms with Crippen molar-refractivity contribution in [1.82, 2.24) is 15.1 Å². The minimum Gasteiger partial charge on any atom is -0.335 e. The molecule has 1 N–H and O–H groups in total. The normalized spacial score (nSPS) is 28.5. The number of nitrogens with one attached hydrogen (secondary N) is 1. The molecule has 1 fully saturated rings. The smallest absolute Gasteiger partial charge is 0.257 e. The molecule has 0 radical (unpaired) electrons. The summed E-state index contributed by atoms with van der Waals surface area (Å²) in [4.78, 5) is 14.7. The fourth-order valence-corrected chi connectivity index (χ4v) is 2.99. The third kappa shape index (κ3) is 2.16. The van der Waals surface area contributed by atoms with E-state index in [1.807, 2.05) is 18.7 Å². The number of H-pyrrole nitrogens is 1. The van der Waals surface area contributed by atoms with Gasteiger partial charge in [0.05, 0.1) is 11.3 Å². The number of amides is 1. The molecule has 2 rings (SSSR count). The van der Waals surface area contributed by atoms with Crippen molar-refractivity contribution in [2.24, 2.45) is 11.8 Å². The highest BCUT2D eigenvalue weighted by Gasteiger charge is 2.33. The van der Waals surface area contributed by atoms with Gasteiger partial charge in [-0.25, -0.2) is 0 Å². The van der Waals surface area contributed by atoms with E-state index in [2.05, 4.69) is 31.0 Å². The maximum Gasteiger partial charge on any atom is 0.257 e. The third-order valence-electron chi connectivity index (χ3n) is 4.20. The van der Waals surface area contributed by atoms with Crippen LogP contribution in [0.3, 0.4) is 0 Å². The van der Waals surface area contributed by atoms with Crippen LogP contribution in [0.15, 0.2) is 0 Å². The summed E-state index contributed by atoms with van der Waals surface area (Å²) in [6.45, 7) is 11.3. The molecule has 0 spiro atoms. The molecule has 3 unspecified atom stereocenters. The second-order valence-electron chi connectivity index (χ2n) is 5.83. The molecule has 1 amide bonds. The summed E-state index contributed by atoms with van der Waals surface area (Å²) in [5.41, 5.74) is 2.43. The van der Waals surface area contributed by atoms with Gasteiger partial charge in [-0.1, -0.05) is 13.8 Å². The van der Waals surface area contributed by atoms with E-state index < -0.39 is 0 Å². The van der Waals surface area contributed by atoms with Gasteiger partial charge >= 0.3 is 0 Å². The molecule has 100 valence electrons. The van der Waals surface area contributed by atoms with Gasteiger partial charge in [-0.05, 0) is 39.0 Å². The van der Waals surface area contributed by atoms with Crippen molar-refractivity contribution in [2.45, 2.75) is 47.1 Å². The van der Waals surface area contributed by atoms with Crippen LogP contribution in [0.2, 0.25) is 0 Å². The van der Waals surface area contributed by atoms with Crippen LogP contribution in [0.5, 0.6) is 0 Å². The zero-order valence-corrected chi connectivity index (χ0v) is 11.9. The van der Waals surface area contributed by atoms with Crippen LogP contribution < -0.4 is 0 Å². The Labute approximate surface area is 109 Å². The topological polar surface area (TPSA) is 49.0 Å². The number of carbonyl (C=O) groups is 1. The van der Waals surface area contributed by atoms with Gasteiger partial charge in [0.15, 0.2) is 0 Å². The number of hydrogen-bond acceptors (Lipinski definition) is 2. The highest BCUT2D eigenvalue weighted by atomic mass is 16.2. The summed E-state index contributed by atoms with van der Waals surface area (Å²) >= 11 is 0. The van der Waals surface area contributed by atoms with Crippen molar-refractivity contribution in [2.75, 3.05) is 6.54 Å². The summed E-state index contributed by atoms with van der Waals surface area (Å²) in [7, 11) is 0. The van der Waals surface area contributed by atoms with Crippen molar-refractivity contribution >= 4 is 5.91 Å². The second kappa shape index (κ2) is 4.75. The molecule has 4 heteroatoms. The molecule has 18 heavy (non-hydrogen) atoms. The van der Waals surface area contributed by atoms with E-state index in [0.717, 1.165) is 23.5 Å². The SMILES string of the molecule is Cc1n[nH]c(C)c1C(=O)N1CC(C)CC(C)C1C. The van der Waals surface area contributed by atoms with E-state index in [4.69, 9.17) is 0 Å². The first-order chi connectivity index (χ1) is 8.41. The molecule has 2 heterocycles. The Kier molecular flexibility index (Phi) is 3.46. The van der Waals surface area contributed by atoms with Crippen LogP contribution >= 0.6 is 0 Å². The lowest BCUT2D eigenvalue weighted by Gasteiger charge is -2.41. The molecule has 1 saturated heterocycles. The number of likely N-dealkylation sites (tertiary alicyclic amines) is 1. The van der Waals surface area contributed by atoms with Crippen molar-refractivity contribution in [3.63, 3.8) is 0 Å². The Morgan fingerprint density at radius 1 is 1.33 bits per heavy atom. The van der Waals surface area contributed by atoms with Gasteiger partial charge in [-0.15, -0.1) is 0 Å². The van der Waals surface area contributed by atoms with E-state index in [1.165, 1.54) is 6.42 Å². The standard InChI is InChI=1S/C14H23N3O/c1-8-6-9(2)12(5)17(7-8)14(18)13-10(3)15-16-11(13)4/h8-9,12H,6-7H2,1-5H3,(H,15,16). The first-order valence-electron chi connectivity index (χ1n) is 6.74. The lowest BCUT2D eigenvalue weighted by atomic mass is 9.85. The second-order valence-corrected chi connectivity index (χ2v) is 5.83. The molecule has 0 bridgehead atoms. The average Bonchev–Trinajstić information content (AvgIpc) is 2.63. The highest BCUT2D eigenvalue weighted by Crippen LogP contribution is 2.28. The predicted octanol–water partition coefficient (Wildman–Crippen LogP) is 2.53. The van der Waals surface area contributed by atoms with Gasteiger partial charge in [-0.2, -0.15) is 5.10 Å². The minimum absolute atomic E-state index is 0.129. The number of nitrogens with zero attached hydrogens (tertiary/aromatic N) is 2. The van der Waals surface area contributed by atoms with Gasteiger partial charge in [0, 0.05) is 18.3 Å². The number of aromatic amines is 1. The number of aryl methyl sites for hydroxylation is 2. The first-order valence-corrected chi connectivity index (χ1v) is 6.74. The van der Waals surface area contributed by atoms with Gasteiger partial charge in [0.1, 0.15) is 0 Å². The molecule has 1 aromatic heterocycles. The van der Waals surface area contributed by atoms with E-state index in [9.17, 15) is 4.79 Å². The number of piperidine rings is 1. The summed E-state index contributed by atoms with van der Waals surface area (Å²) in [5.74, 6) is 1.27. The Balaban J connectivity index is 2.28. The summed E-state index contributed by atoms with van der Waals surface area (Å²) in [6.07, 6.45) is 1.20.